The van der Waals surface area contributed by atoms with Crippen molar-refractivity contribution in [2.75, 3.05) is 4.90 Å². The van der Waals surface area contributed by atoms with Gasteiger partial charge in [-0.15, -0.1) is 0 Å². The number of hydrogen-bond donors (Lipinski definition) is 0. The molecule has 0 radical (unpaired) electrons. The lowest BCUT2D eigenvalue weighted by Crippen LogP contribution is -2.32. The number of ether oxygens (including phenoxy) is 1. The van der Waals surface area contributed by atoms with Gasteiger partial charge in [-0.25, -0.2) is 0 Å². The van der Waals surface area contributed by atoms with Crippen LogP contribution in [0, 0.1) is 0 Å². The Hall–Kier alpha value is -9.61. The van der Waals surface area contributed by atoms with E-state index in [1.165, 1.54) is 87.2 Å². The molecule has 0 saturated heterocycles. The molecule has 12 aromatic carbocycles. The van der Waals surface area contributed by atoms with E-state index in [9.17, 15) is 0 Å². The van der Waals surface area contributed by atoms with E-state index in [2.05, 4.69) is 289 Å². The Kier molecular flexibility index (Phi) is 9.20. The Morgan fingerprint density at radius 2 is 0.821 bits per heavy atom. The summed E-state index contributed by atoms with van der Waals surface area (Å²) < 4.78 is 9.20. The van der Waals surface area contributed by atoms with Crippen LogP contribution in [0.25, 0.3) is 60.9 Å². The van der Waals surface area contributed by atoms with E-state index >= 15 is 0 Å². The molecule has 2 aliphatic carbocycles. The monoisotopic (exact) mass is 1010 g/mol. The molecule has 0 bridgehead atoms. The Morgan fingerprint density at radius 3 is 1.55 bits per heavy atom. The summed E-state index contributed by atoms with van der Waals surface area (Å²) in [5.41, 5.74) is 23.0. The van der Waals surface area contributed by atoms with Crippen LogP contribution in [0.5, 0.6) is 11.5 Å². The summed E-state index contributed by atoms with van der Waals surface area (Å²) in [4.78, 5) is 5.10. The number of hydrogen-bond acceptors (Lipinski definition) is 3. The summed E-state index contributed by atoms with van der Waals surface area (Å²) in [6.45, 7) is 0. The molecular formula is C74H46N2OS. The highest BCUT2D eigenvalue weighted by Crippen LogP contribution is 2.65. The molecule has 0 unspecified atom stereocenters. The minimum Gasteiger partial charge on any atom is -0.457 e. The molecule has 0 saturated carbocycles. The molecule has 4 aliphatic rings. The molecule has 0 N–H and O–H groups in total. The lowest BCUT2D eigenvalue weighted by Gasteiger charge is -2.40. The quantitative estimate of drug-likeness (QED) is 0.171. The van der Waals surface area contributed by atoms with Gasteiger partial charge < -0.3 is 14.2 Å². The molecule has 364 valence electrons. The number of para-hydroxylation sites is 4. The molecule has 13 aromatic rings. The Labute approximate surface area is 456 Å². The van der Waals surface area contributed by atoms with E-state index in [1.807, 2.05) is 11.8 Å². The van der Waals surface area contributed by atoms with Crippen LogP contribution in [0.3, 0.4) is 0 Å². The average Bonchev–Trinajstić information content (AvgIpc) is 3.51. The Balaban J connectivity index is 0.914. The highest BCUT2D eigenvalue weighted by molar-refractivity contribution is 7.99. The molecule has 0 fully saturated rings. The number of benzene rings is 12. The zero-order chi connectivity index (χ0) is 51.1. The van der Waals surface area contributed by atoms with Gasteiger partial charge in [0.2, 0.25) is 0 Å². The van der Waals surface area contributed by atoms with Gasteiger partial charge in [0, 0.05) is 54.4 Å². The minimum atomic E-state index is -0.628. The van der Waals surface area contributed by atoms with Gasteiger partial charge in [-0.05, 0) is 152 Å². The Bertz CT molecular complexity index is 4570. The van der Waals surface area contributed by atoms with Crippen molar-refractivity contribution in [1.82, 2.24) is 4.57 Å². The highest BCUT2D eigenvalue weighted by atomic mass is 32.2. The predicted octanol–water partition coefficient (Wildman–Crippen LogP) is 19.2. The van der Waals surface area contributed by atoms with Gasteiger partial charge in [0.1, 0.15) is 11.5 Å². The predicted molar refractivity (Wildman–Crippen MR) is 320 cm³/mol. The summed E-state index contributed by atoms with van der Waals surface area (Å²) in [7, 11) is 0. The third-order valence-electron chi connectivity index (χ3n) is 17.3. The zero-order valence-corrected chi connectivity index (χ0v) is 43.1. The lowest BCUT2D eigenvalue weighted by molar-refractivity contribution is 0.436. The third-order valence-corrected chi connectivity index (χ3v) is 18.5. The van der Waals surface area contributed by atoms with Crippen LogP contribution in [0.2, 0.25) is 0 Å². The number of fused-ring (bicyclic) bond motifs is 21. The molecule has 78 heavy (non-hydrogen) atoms. The maximum absolute atomic E-state index is 6.79. The molecule has 17 rings (SSSR count). The molecule has 2 aliphatic heterocycles. The second-order valence-electron chi connectivity index (χ2n) is 21.0. The van der Waals surface area contributed by atoms with Gasteiger partial charge in [0.25, 0.3) is 0 Å². The van der Waals surface area contributed by atoms with Gasteiger partial charge in [0.05, 0.1) is 21.9 Å². The van der Waals surface area contributed by atoms with Crippen molar-refractivity contribution in [2.24, 2.45) is 0 Å². The van der Waals surface area contributed by atoms with E-state index in [-0.39, 0.29) is 0 Å². The SMILES string of the molecule is c1ccc(-n2c3ccccc3c3ccc(-c4cccc(N(c5ccc6c(c5)-c5ccccc5C65c6ccccc6Sc6ccccc65)c5ccc6c(c5)C5(c7ccccc7Oc7ccccc75)c5ccccc5-6)c4)cc32)cc1. The van der Waals surface area contributed by atoms with E-state index in [1.54, 1.807) is 0 Å². The van der Waals surface area contributed by atoms with Crippen LogP contribution < -0.4 is 9.64 Å². The molecule has 1 aromatic heterocycles. The smallest absolute Gasteiger partial charge is 0.132 e. The lowest BCUT2D eigenvalue weighted by atomic mass is 9.66. The number of aromatic nitrogens is 1. The van der Waals surface area contributed by atoms with Crippen LogP contribution in [0.4, 0.5) is 17.1 Å². The molecule has 0 amide bonds. The van der Waals surface area contributed by atoms with Crippen molar-refractivity contribution in [3.05, 3.63) is 324 Å². The maximum Gasteiger partial charge on any atom is 0.132 e. The minimum absolute atomic E-state index is 0.482. The second-order valence-corrected chi connectivity index (χ2v) is 22.1. The first-order valence-electron chi connectivity index (χ1n) is 26.9. The van der Waals surface area contributed by atoms with E-state index in [0.29, 0.717) is 0 Å². The fourth-order valence-corrected chi connectivity index (χ4v) is 15.4. The average molecular weight is 1010 g/mol. The van der Waals surface area contributed by atoms with Gasteiger partial charge in [-0.3, -0.25) is 0 Å². The standard InChI is InChI=1S/C74H46N2OS/c1-2-20-49(21-3-1)76-67-32-13-6-25-56(67)57-40-37-48(44-68(57)76)47-19-18-22-50(43-47)75(51-39-42-61-58(45-51)54-24-5-8-27-60(54)73(61)64-30-11-16-35-71(64)78-72-36-17-12-31-65(72)73)52-38-41-55-53-23-4-7-26-59(53)74(66(55)46-52)62-28-9-14-33-69(62)77-70-34-15-10-29-63(70)74/h1-46H. The van der Waals surface area contributed by atoms with Crippen LogP contribution in [0.1, 0.15) is 44.5 Å². The largest absolute Gasteiger partial charge is 0.457 e. The first-order chi connectivity index (χ1) is 38.7. The van der Waals surface area contributed by atoms with E-state index in [4.69, 9.17) is 4.74 Å². The number of rotatable bonds is 5. The van der Waals surface area contributed by atoms with Crippen molar-refractivity contribution in [3.63, 3.8) is 0 Å². The van der Waals surface area contributed by atoms with Crippen molar-refractivity contribution >= 4 is 50.6 Å². The van der Waals surface area contributed by atoms with Gasteiger partial charge in [0.15, 0.2) is 0 Å². The Morgan fingerprint density at radius 1 is 0.308 bits per heavy atom. The fourth-order valence-electron chi connectivity index (χ4n) is 14.2. The fraction of sp³-hybridized carbons (Fsp3) is 0.0270. The third kappa shape index (κ3) is 5.84. The molecule has 2 spiro atoms. The second kappa shape index (κ2) is 16.4. The van der Waals surface area contributed by atoms with Crippen molar-refractivity contribution in [1.29, 1.82) is 0 Å². The molecule has 3 heterocycles. The normalized spacial score (nSPS) is 14.2. The summed E-state index contributed by atoms with van der Waals surface area (Å²) >= 11 is 1.88. The summed E-state index contributed by atoms with van der Waals surface area (Å²) in [6, 6.07) is 104. The highest BCUT2D eigenvalue weighted by Gasteiger charge is 2.52. The van der Waals surface area contributed by atoms with E-state index in [0.717, 1.165) is 56.5 Å². The summed E-state index contributed by atoms with van der Waals surface area (Å²) in [6.07, 6.45) is 0. The van der Waals surface area contributed by atoms with Crippen molar-refractivity contribution < 1.29 is 4.74 Å². The number of anilines is 3. The topological polar surface area (TPSA) is 17.4 Å². The van der Waals surface area contributed by atoms with E-state index < -0.39 is 10.8 Å². The van der Waals surface area contributed by atoms with Gasteiger partial charge >= 0.3 is 0 Å². The van der Waals surface area contributed by atoms with Crippen LogP contribution in [-0.2, 0) is 10.8 Å². The number of nitrogens with zero attached hydrogens (tertiary/aromatic N) is 2. The summed E-state index contributed by atoms with van der Waals surface area (Å²) in [5, 5.41) is 2.48. The summed E-state index contributed by atoms with van der Waals surface area (Å²) in [5.74, 6) is 1.76. The van der Waals surface area contributed by atoms with Crippen molar-refractivity contribution in [3.8, 4) is 50.6 Å². The van der Waals surface area contributed by atoms with Crippen LogP contribution in [-0.4, -0.2) is 4.57 Å². The molecule has 3 nitrogen and oxygen atoms in total. The molecule has 4 heteroatoms. The maximum atomic E-state index is 6.79. The first-order valence-corrected chi connectivity index (χ1v) is 27.7. The molecule has 0 atom stereocenters. The molecular weight excluding hydrogens is 965 g/mol. The van der Waals surface area contributed by atoms with Crippen LogP contribution >= 0.6 is 11.8 Å². The van der Waals surface area contributed by atoms with Crippen LogP contribution in [0.15, 0.2) is 289 Å². The zero-order valence-electron chi connectivity index (χ0n) is 42.3. The first kappa shape index (κ1) is 43.6. The van der Waals surface area contributed by atoms with Gasteiger partial charge in [-0.2, -0.15) is 0 Å². The van der Waals surface area contributed by atoms with Crippen molar-refractivity contribution in [2.45, 2.75) is 20.6 Å². The van der Waals surface area contributed by atoms with Gasteiger partial charge in [-0.1, -0.05) is 206 Å².